The first kappa shape index (κ1) is 14.4. The molecule has 0 saturated heterocycles. The fourth-order valence-electron chi connectivity index (χ4n) is 1.74. The van der Waals surface area contributed by atoms with E-state index in [2.05, 4.69) is 32.8 Å². The molecular weight excluding hydrogens is 326 g/mol. The lowest BCUT2D eigenvalue weighted by Gasteiger charge is -2.13. The molecule has 3 nitrogen and oxygen atoms in total. The van der Waals surface area contributed by atoms with Gasteiger partial charge in [0.1, 0.15) is 0 Å². The zero-order chi connectivity index (χ0) is 13.7. The van der Waals surface area contributed by atoms with Gasteiger partial charge in [0.2, 0.25) is 0 Å². The van der Waals surface area contributed by atoms with Gasteiger partial charge in [0.15, 0.2) is 11.5 Å². The van der Waals surface area contributed by atoms with Crippen molar-refractivity contribution in [2.45, 2.75) is 13.0 Å². The van der Waals surface area contributed by atoms with Crippen LogP contribution >= 0.6 is 27.3 Å². The largest absolute Gasteiger partial charge is 0.493 e. The quantitative estimate of drug-likeness (QED) is 0.872. The monoisotopic (exact) mass is 341 g/mol. The van der Waals surface area contributed by atoms with Crippen molar-refractivity contribution in [1.29, 1.82) is 0 Å². The van der Waals surface area contributed by atoms with Gasteiger partial charge in [-0.1, -0.05) is 0 Å². The number of ether oxygens (including phenoxy) is 2. The zero-order valence-electron chi connectivity index (χ0n) is 10.7. The van der Waals surface area contributed by atoms with Crippen molar-refractivity contribution in [3.8, 4) is 11.5 Å². The van der Waals surface area contributed by atoms with Crippen molar-refractivity contribution in [1.82, 2.24) is 0 Å². The Labute approximate surface area is 125 Å². The fourth-order valence-corrected chi connectivity index (χ4v) is 3.04. The molecule has 0 unspecified atom stereocenters. The van der Waals surface area contributed by atoms with E-state index in [4.69, 9.17) is 15.2 Å². The molecule has 2 N–H and O–H groups in total. The summed E-state index contributed by atoms with van der Waals surface area (Å²) in [6.07, 6.45) is 0.887. The summed E-state index contributed by atoms with van der Waals surface area (Å²) in [5.74, 6) is 1.44. The predicted molar refractivity (Wildman–Crippen MR) is 82.1 cm³/mol. The topological polar surface area (TPSA) is 44.5 Å². The molecule has 102 valence electrons. The average Bonchev–Trinajstić information content (AvgIpc) is 2.93. The van der Waals surface area contributed by atoms with Crippen LogP contribution in [0.3, 0.4) is 0 Å². The number of nitrogens with two attached hydrogens (primary N) is 1. The van der Waals surface area contributed by atoms with E-state index in [0.717, 1.165) is 22.2 Å². The first-order valence-corrected chi connectivity index (χ1v) is 7.68. The van der Waals surface area contributed by atoms with Gasteiger partial charge in [-0.05, 0) is 56.0 Å². The van der Waals surface area contributed by atoms with Crippen LogP contribution in [0.25, 0.3) is 0 Å². The van der Waals surface area contributed by atoms with Crippen molar-refractivity contribution in [3.05, 3.63) is 44.6 Å². The third-order valence-electron chi connectivity index (χ3n) is 2.74. The van der Waals surface area contributed by atoms with Gasteiger partial charge in [-0.2, -0.15) is 11.3 Å². The molecule has 0 amide bonds. The highest BCUT2D eigenvalue weighted by Crippen LogP contribution is 2.36. The van der Waals surface area contributed by atoms with Crippen LogP contribution in [0.4, 0.5) is 0 Å². The third-order valence-corrected chi connectivity index (χ3v) is 4.06. The van der Waals surface area contributed by atoms with Crippen LogP contribution in [0.5, 0.6) is 11.5 Å². The third kappa shape index (κ3) is 3.72. The highest BCUT2D eigenvalue weighted by molar-refractivity contribution is 9.10. The Kier molecular flexibility index (Phi) is 5.24. The smallest absolute Gasteiger partial charge is 0.175 e. The summed E-state index contributed by atoms with van der Waals surface area (Å²) in [6, 6.07) is 5.98. The van der Waals surface area contributed by atoms with E-state index in [-0.39, 0.29) is 0 Å². The van der Waals surface area contributed by atoms with E-state index in [1.807, 2.05) is 12.1 Å². The predicted octanol–water partition coefficient (Wildman–Crippen LogP) is 3.60. The van der Waals surface area contributed by atoms with Crippen LogP contribution in [0, 0.1) is 0 Å². The van der Waals surface area contributed by atoms with Gasteiger partial charge in [-0.25, -0.2) is 0 Å². The molecular formula is C14H16BrNO2S. The van der Waals surface area contributed by atoms with Crippen molar-refractivity contribution < 1.29 is 9.47 Å². The molecule has 0 saturated carbocycles. The van der Waals surface area contributed by atoms with Crippen LogP contribution in [0.15, 0.2) is 33.4 Å². The molecule has 1 heterocycles. The maximum atomic E-state index is 5.82. The summed E-state index contributed by atoms with van der Waals surface area (Å²) in [6.45, 7) is 1.10. The van der Waals surface area contributed by atoms with Gasteiger partial charge in [0.05, 0.1) is 18.2 Å². The Bertz CT molecular complexity index is 528. The molecule has 0 spiro atoms. The minimum absolute atomic E-state index is 0.476. The highest BCUT2D eigenvalue weighted by atomic mass is 79.9. The van der Waals surface area contributed by atoms with E-state index in [9.17, 15) is 0 Å². The molecule has 0 atom stereocenters. The molecule has 2 rings (SSSR count). The van der Waals surface area contributed by atoms with Crippen molar-refractivity contribution in [2.24, 2.45) is 5.73 Å². The van der Waals surface area contributed by atoms with E-state index < -0.39 is 0 Å². The molecule has 2 aromatic rings. The highest BCUT2D eigenvalue weighted by Gasteiger charge is 2.11. The molecule has 19 heavy (non-hydrogen) atoms. The Morgan fingerprint density at radius 2 is 2.16 bits per heavy atom. The van der Waals surface area contributed by atoms with Crippen LogP contribution in [-0.4, -0.2) is 13.7 Å². The Balaban J connectivity index is 2.06. The zero-order valence-corrected chi connectivity index (χ0v) is 13.1. The van der Waals surface area contributed by atoms with Crippen LogP contribution in [-0.2, 0) is 13.0 Å². The van der Waals surface area contributed by atoms with Gasteiger partial charge in [0, 0.05) is 13.0 Å². The van der Waals surface area contributed by atoms with Gasteiger partial charge in [-0.15, -0.1) is 0 Å². The first-order chi connectivity index (χ1) is 9.24. The van der Waals surface area contributed by atoms with Crippen molar-refractivity contribution in [2.75, 3.05) is 13.7 Å². The van der Waals surface area contributed by atoms with E-state index in [1.54, 1.807) is 18.4 Å². The van der Waals surface area contributed by atoms with Crippen LogP contribution in [0.1, 0.15) is 11.1 Å². The lowest BCUT2D eigenvalue weighted by atomic mass is 10.2. The van der Waals surface area contributed by atoms with Crippen LogP contribution < -0.4 is 15.2 Å². The fraction of sp³-hybridized carbons (Fsp3) is 0.286. The normalized spacial score (nSPS) is 10.5. The second-order valence-electron chi connectivity index (χ2n) is 4.04. The summed E-state index contributed by atoms with van der Waals surface area (Å²) in [5, 5.41) is 4.20. The maximum Gasteiger partial charge on any atom is 0.175 e. The number of benzene rings is 1. The van der Waals surface area contributed by atoms with Crippen molar-refractivity contribution >= 4 is 27.3 Å². The summed E-state index contributed by atoms with van der Waals surface area (Å²) < 4.78 is 12.0. The lowest BCUT2D eigenvalue weighted by Crippen LogP contribution is -2.04. The van der Waals surface area contributed by atoms with E-state index in [0.29, 0.717) is 18.9 Å². The van der Waals surface area contributed by atoms with Crippen molar-refractivity contribution in [3.63, 3.8) is 0 Å². The minimum atomic E-state index is 0.476. The standard InChI is InChI=1S/C14H16BrNO2S/c1-17-13-7-11(8-16)6-12(15)14(13)18-4-2-10-3-5-19-9-10/h3,5-7,9H,2,4,8,16H2,1H3. The number of halogens is 1. The number of hydrogen-bond donors (Lipinski definition) is 1. The molecule has 0 fully saturated rings. The number of thiophene rings is 1. The second-order valence-corrected chi connectivity index (χ2v) is 5.68. The first-order valence-electron chi connectivity index (χ1n) is 5.95. The molecule has 0 aliphatic carbocycles. The maximum absolute atomic E-state index is 5.82. The molecule has 1 aromatic carbocycles. The molecule has 0 aliphatic heterocycles. The van der Waals surface area contributed by atoms with Gasteiger partial charge in [0.25, 0.3) is 0 Å². The van der Waals surface area contributed by atoms with Gasteiger partial charge >= 0.3 is 0 Å². The Morgan fingerprint density at radius 1 is 1.32 bits per heavy atom. The lowest BCUT2D eigenvalue weighted by molar-refractivity contribution is 0.295. The molecule has 5 heteroatoms. The number of hydrogen-bond acceptors (Lipinski definition) is 4. The van der Waals surface area contributed by atoms with E-state index >= 15 is 0 Å². The van der Waals surface area contributed by atoms with Crippen LogP contribution in [0.2, 0.25) is 0 Å². The number of methoxy groups -OCH3 is 1. The molecule has 1 aromatic heterocycles. The summed E-state index contributed by atoms with van der Waals surface area (Å²) in [7, 11) is 1.63. The SMILES string of the molecule is COc1cc(CN)cc(Br)c1OCCc1ccsc1. The Hall–Kier alpha value is -1.04. The Morgan fingerprint density at radius 3 is 2.79 bits per heavy atom. The van der Waals surface area contributed by atoms with Gasteiger partial charge in [-0.3, -0.25) is 0 Å². The molecule has 0 radical (unpaired) electrons. The average molecular weight is 342 g/mol. The second kappa shape index (κ2) is 6.93. The summed E-state index contributed by atoms with van der Waals surface area (Å²) in [5.41, 5.74) is 7.94. The summed E-state index contributed by atoms with van der Waals surface area (Å²) in [4.78, 5) is 0. The van der Waals surface area contributed by atoms with Gasteiger partial charge < -0.3 is 15.2 Å². The summed E-state index contributed by atoms with van der Waals surface area (Å²) >= 11 is 5.20. The minimum Gasteiger partial charge on any atom is -0.493 e. The molecule has 0 aliphatic rings. The van der Waals surface area contributed by atoms with E-state index in [1.165, 1.54) is 5.56 Å². The number of rotatable bonds is 6. The molecule has 0 bridgehead atoms.